The van der Waals surface area contributed by atoms with Crippen molar-refractivity contribution in [2.75, 3.05) is 0 Å². The SMILES string of the molecule is Cn1ncc2c1CCC[C@H]2NC(=O)/C=C(/c1ccccc1)C(F)(F)F. The van der Waals surface area contributed by atoms with Crippen LogP contribution in [0.4, 0.5) is 13.2 Å². The zero-order valence-electron chi connectivity index (χ0n) is 13.7. The molecular weight excluding hydrogens is 331 g/mol. The Kier molecular flexibility index (Phi) is 4.65. The molecule has 0 bridgehead atoms. The lowest BCUT2D eigenvalue weighted by Crippen LogP contribution is -2.30. The lowest BCUT2D eigenvalue weighted by molar-refractivity contribution is -0.117. The van der Waals surface area contributed by atoms with Gasteiger partial charge in [0.15, 0.2) is 0 Å². The second-order valence-corrected chi connectivity index (χ2v) is 6.05. The van der Waals surface area contributed by atoms with E-state index in [1.54, 1.807) is 16.9 Å². The Morgan fingerprint density at radius 3 is 2.72 bits per heavy atom. The van der Waals surface area contributed by atoms with Crippen LogP contribution in [0, 0.1) is 0 Å². The minimum Gasteiger partial charge on any atom is -0.346 e. The number of nitrogens with one attached hydrogen (secondary N) is 1. The van der Waals surface area contributed by atoms with Gasteiger partial charge in [-0.1, -0.05) is 30.3 Å². The maximum Gasteiger partial charge on any atom is 0.417 e. The third-order valence-corrected chi connectivity index (χ3v) is 4.36. The van der Waals surface area contributed by atoms with E-state index < -0.39 is 17.7 Å². The van der Waals surface area contributed by atoms with E-state index in [1.807, 2.05) is 7.05 Å². The topological polar surface area (TPSA) is 46.9 Å². The Morgan fingerprint density at radius 2 is 2.04 bits per heavy atom. The van der Waals surface area contributed by atoms with Gasteiger partial charge in [-0.25, -0.2) is 0 Å². The number of carbonyl (C=O) groups excluding carboxylic acids is 1. The van der Waals surface area contributed by atoms with E-state index >= 15 is 0 Å². The average Bonchev–Trinajstić information content (AvgIpc) is 2.95. The number of rotatable bonds is 3. The Morgan fingerprint density at radius 1 is 1.32 bits per heavy atom. The number of aryl methyl sites for hydroxylation is 1. The monoisotopic (exact) mass is 349 g/mol. The minimum absolute atomic E-state index is 0.0316. The number of fused-ring (bicyclic) bond motifs is 1. The molecule has 1 aromatic carbocycles. The van der Waals surface area contributed by atoms with Crippen molar-refractivity contribution in [3.05, 3.63) is 59.4 Å². The van der Waals surface area contributed by atoms with Crippen LogP contribution in [0.1, 0.15) is 35.7 Å². The van der Waals surface area contributed by atoms with Crippen molar-refractivity contribution in [1.82, 2.24) is 15.1 Å². The summed E-state index contributed by atoms with van der Waals surface area (Å²) in [6, 6.07) is 7.01. The number of benzene rings is 1. The number of allylic oxidation sites excluding steroid dienone is 1. The van der Waals surface area contributed by atoms with Crippen molar-refractivity contribution in [3.8, 4) is 0 Å². The summed E-state index contributed by atoms with van der Waals surface area (Å²) in [5, 5.41) is 6.87. The number of aromatic nitrogens is 2. The van der Waals surface area contributed by atoms with E-state index in [2.05, 4.69) is 10.4 Å². The van der Waals surface area contributed by atoms with E-state index in [1.165, 1.54) is 24.3 Å². The molecule has 2 aromatic rings. The lowest BCUT2D eigenvalue weighted by Gasteiger charge is -2.23. The number of carbonyl (C=O) groups is 1. The average molecular weight is 349 g/mol. The summed E-state index contributed by atoms with van der Waals surface area (Å²) in [6.45, 7) is 0. The molecule has 3 rings (SSSR count). The Bertz CT molecular complexity index is 794. The van der Waals surface area contributed by atoms with Gasteiger partial charge in [0.2, 0.25) is 5.91 Å². The molecule has 1 aromatic heterocycles. The molecule has 0 spiro atoms. The van der Waals surface area contributed by atoms with Crippen LogP contribution in [0.25, 0.3) is 5.57 Å². The smallest absolute Gasteiger partial charge is 0.346 e. The molecule has 1 N–H and O–H groups in total. The maximum absolute atomic E-state index is 13.3. The Hall–Kier alpha value is -2.57. The molecule has 0 fully saturated rings. The van der Waals surface area contributed by atoms with Crippen molar-refractivity contribution >= 4 is 11.5 Å². The maximum atomic E-state index is 13.3. The van der Waals surface area contributed by atoms with E-state index in [0.717, 1.165) is 24.1 Å². The molecule has 0 unspecified atom stereocenters. The molecule has 25 heavy (non-hydrogen) atoms. The fourth-order valence-electron chi connectivity index (χ4n) is 3.15. The molecular formula is C18H18F3N3O. The predicted molar refractivity (Wildman–Crippen MR) is 87.5 cm³/mol. The summed E-state index contributed by atoms with van der Waals surface area (Å²) >= 11 is 0. The summed E-state index contributed by atoms with van der Waals surface area (Å²) in [5.74, 6) is -0.752. The molecule has 132 valence electrons. The number of nitrogens with zero attached hydrogens (tertiary/aromatic N) is 2. The first-order valence-corrected chi connectivity index (χ1v) is 8.02. The zero-order valence-corrected chi connectivity index (χ0v) is 13.7. The quantitative estimate of drug-likeness (QED) is 0.862. The van der Waals surface area contributed by atoms with Crippen molar-refractivity contribution in [1.29, 1.82) is 0 Å². The van der Waals surface area contributed by atoms with Crippen LogP contribution in [-0.2, 0) is 18.3 Å². The summed E-state index contributed by atoms with van der Waals surface area (Å²) in [5.41, 5.74) is 0.909. The Balaban J connectivity index is 1.84. The number of hydrogen-bond donors (Lipinski definition) is 1. The highest BCUT2D eigenvalue weighted by Crippen LogP contribution is 2.34. The second-order valence-electron chi connectivity index (χ2n) is 6.05. The van der Waals surface area contributed by atoms with Gasteiger partial charge in [-0.05, 0) is 24.8 Å². The van der Waals surface area contributed by atoms with Crippen LogP contribution in [0.15, 0.2) is 42.6 Å². The molecule has 0 aliphatic heterocycles. The Labute approximate surface area is 143 Å². The molecule has 0 radical (unpaired) electrons. The number of halogens is 3. The molecule has 7 heteroatoms. The third-order valence-electron chi connectivity index (χ3n) is 4.36. The number of hydrogen-bond acceptors (Lipinski definition) is 2. The summed E-state index contributed by atoms with van der Waals surface area (Å²) in [6.07, 6.45) is 0.0958. The van der Waals surface area contributed by atoms with Gasteiger partial charge < -0.3 is 5.32 Å². The number of amides is 1. The zero-order chi connectivity index (χ0) is 18.0. The van der Waals surface area contributed by atoms with Crippen molar-refractivity contribution in [2.45, 2.75) is 31.5 Å². The minimum atomic E-state index is -4.61. The van der Waals surface area contributed by atoms with Gasteiger partial charge in [0.25, 0.3) is 0 Å². The molecule has 0 saturated heterocycles. The fraction of sp³-hybridized carbons (Fsp3) is 0.333. The van der Waals surface area contributed by atoms with Crippen LogP contribution >= 0.6 is 0 Å². The predicted octanol–water partition coefficient (Wildman–Crippen LogP) is 3.56. The van der Waals surface area contributed by atoms with E-state index in [-0.39, 0.29) is 11.6 Å². The van der Waals surface area contributed by atoms with E-state index in [0.29, 0.717) is 12.5 Å². The highest BCUT2D eigenvalue weighted by atomic mass is 19.4. The van der Waals surface area contributed by atoms with Crippen molar-refractivity contribution in [2.24, 2.45) is 7.05 Å². The second kappa shape index (κ2) is 6.74. The molecule has 1 atom stereocenters. The van der Waals surface area contributed by atoms with Crippen LogP contribution in [0.3, 0.4) is 0 Å². The van der Waals surface area contributed by atoms with Crippen LogP contribution in [0.2, 0.25) is 0 Å². The first-order valence-electron chi connectivity index (χ1n) is 8.02. The summed E-state index contributed by atoms with van der Waals surface area (Å²) in [4.78, 5) is 12.2. The molecule has 1 heterocycles. The molecule has 4 nitrogen and oxygen atoms in total. The largest absolute Gasteiger partial charge is 0.417 e. The van der Waals surface area contributed by atoms with Gasteiger partial charge in [0.05, 0.1) is 17.8 Å². The molecule has 1 aliphatic carbocycles. The number of alkyl halides is 3. The first-order chi connectivity index (χ1) is 11.9. The van der Waals surface area contributed by atoms with E-state index in [4.69, 9.17) is 0 Å². The normalized spacial score (nSPS) is 17.9. The molecule has 0 saturated carbocycles. The van der Waals surface area contributed by atoms with Gasteiger partial charge >= 0.3 is 6.18 Å². The summed E-state index contributed by atoms with van der Waals surface area (Å²) < 4.78 is 41.7. The van der Waals surface area contributed by atoms with Gasteiger partial charge in [-0.3, -0.25) is 9.48 Å². The van der Waals surface area contributed by atoms with Gasteiger partial charge in [0.1, 0.15) is 0 Å². The van der Waals surface area contributed by atoms with Crippen molar-refractivity contribution in [3.63, 3.8) is 0 Å². The van der Waals surface area contributed by atoms with Crippen LogP contribution in [-0.4, -0.2) is 21.9 Å². The standard InChI is InChI=1S/C18H18F3N3O/c1-24-16-9-5-8-15(13(16)11-22-24)23-17(25)10-14(18(19,20)21)12-6-3-2-4-7-12/h2-4,6-7,10-11,15H,5,8-9H2,1H3,(H,23,25)/b14-10-/t15-/m1/s1. The molecule has 1 aliphatic rings. The van der Waals surface area contributed by atoms with Crippen LogP contribution in [0.5, 0.6) is 0 Å². The van der Waals surface area contributed by atoms with Gasteiger partial charge in [0, 0.05) is 24.4 Å². The van der Waals surface area contributed by atoms with Gasteiger partial charge in [-0.15, -0.1) is 0 Å². The summed E-state index contributed by atoms with van der Waals surface area (Å²) in [7, 11) is 1.82. The van der Waals surface area contributed by atoms with Gasteiger partial charge in [-0.2, -0.15) is 18.3 Å². The van der Waals surface area contributed by atoms with E-state index in [9.17, 15) is 18.0 Å². The molecule has 1 amide bonds. The van der Waals surface area contributed by atoms with Crippen molar-refractivity contribution < 1.29 is 18.0 Å². The van der Waals surface area contributed by atoms with Crippen LogP contribution < -0.4 is 5.32 Å². The highest BCUT2D eigenvalue weighted by Gasteiger charge is 2.35. The lowest BCUT2D eigenvalue weighted by atomic mass is 9.93. The third kappa shape index (κ3) is 3.75. The fourth-order valence-corrected chi connectivity index (χ4v) is 3.15. The highest BCUT2D eigenvalue weighted by molar-refractivity contribution is 5.96. The first kappa shape index (κ1) is 17.3.